The fraction of sp³-hybridized carbons (Fsp3) is 0.375. The third-order valence-corrected chi connectivity index (χ3v) is 1.67. The predicted molar refractivity (Wildman–Crippen MR) is 39.9 cm³/mol. The first-order valence-electron chi connectivity index (χ1n) is 3.57. The summed E-state index contributed by atoms with van der Waals surface area (Å²) in [4.78, 5) is 4.11. The highest BCUT2D eigenvalue weighted by molar-refractivity contribution is 5.98. The van der Waals surface area contributed by atoms with E-state index in [2.05, 4.69) is 4.99 Å². The molecule has 0 fully saturated rings. The Kier molecular flexibility index (Phi) is 1.31. The van der Waals surface area contributed by atoms with E-state index >= 15 is 0 Å². The molecule has 0 saturated heterocycles. The van der Waals surface area contributed by atoms with Crippen LogP contribution in [-0.2, 0) is 4.74 Å². The van der Waals surface area contributed by atoms with Gasteiger partial charge < -0.3 is 4.74 Å². The van der Waals surface area contributed by atoms with Crippen LogP contribution in [0.2, 0.25) is 0 Å². The summed E-state index contributed by atoms with van der Waals surface area (Å²) in [6, 6.07) is 0. The Labute approximate surface area is 64.1 Å². The first-order valence-corrected chi connectivity index (χ1v) is 3.57. The van der Waals surface area contributed by atoms with Crippen LogP contribution in [0.25, 0.3) is 0 Å². The second-order valence-corrected chi connectivity index (χ2v) is 2.60. The Hall–Kier alpha value is -1.12. The maximum atomic E-state index is 12.9. The Morgan fingerprint density at radius 1 is 1.73 bits per heavy atom. The molecule has 0 aromatic rings. The molecule has 1 atom stereocenters. The topological polar surface area (TPSA) is 21.6 Å². The van der Waals surface area contributed by atoms with Crippen LogP contribution in [0.5, 0.6) is 0 Å². The van der Waals surface area contributed by atoms with Gasteiger partial charge in [0.1, 0.15) is 0 Å². The van der Waals surface area contributed by atoms with Crippen molar-refractivity contribution in [2.75, 3.05) is 0 Å². The number of rotatable bonds is 0. The van der Waals surface area contributed by atoms with E-state index in [4.69, 9.17) is 4.74 Å². The van der Waals surface area contributed by atoms with Crippen molar-refractivity contribution in [1.82, 2.24) is 0 Å². The van der Waals surface area contributed by atoms with Crippen molar-refractivity contribution >= 4 is 5.71 Å². The highest BCUT2D eigenvalue weighted by atomic mass is 19.1. The number of halogens is 1. The maximum Gasteiger partial charge on any atom is 0.187 e. The molecule has 2 aliphatic heterocycles. The van der Waals surface area contributed by atoms with E-state index < -0.39 is 0 Å². The number of fused-ring (bicyclic) bond motifs is 3. The molecule has 1 unspecified atom stereocenters. The first-order chi connectivity index (χ1) is 5.25. The summed E-state index contributed by atoms with van der Waals surface area (Å²) in [7, 11) is 0. The van der Waals surface area contributed by atoms with Crippen molar-refractivity contribution in [1.29, 1.82) is 0 Å². The van der Waals surface area contributed by atoms with Crippen LogP contribution in [0.1, 0.15) is 13.3 Å². The van der Waals surface area contributed by atoms with Gasteiger partial charge in [-0.2, -0.15) is 0 Å². The monoisotopic (exact) mass is 153 g/mol. The van der Waals surface area contributed by atoms with Gasteiger partial charge in [-0.25, -0.2) is 9.38 Å². The molecular formula is C8H8FNO. The molecule has 2 nitrogen and oxygen atoms in total. The second-order valence-electron chi connectivity index (χ2n) is 2.60. The number of hydrogen-bond acceptors (Lipinski definition) is 2. The average Bonchev–Trinajstić information content (AvgIpc) is 2.16. The molecule has 3 rings (SSSR count). The molecule has 0 aromatic heterocycles. The highest BCUT2D eigenvalue weighted by Gasteiger charge is 2.19. The van der Waals surface area contributed by atoms with Crippen LogP contribution in [0, 0.1) is 0 Å². The minimum Gasteiger partial charge on any atom is -0.466 e. The first kappa shape index (κ1) is 6.58. The van der Waals surface area contributed by atoms with Gasteiger partial charge in [0.2, 0.25) is 0 Å². The minimum atomic E-state index is -0.306. The van der Waals surface area contributed by atoms with Crippen LogP contribution in [-0.4, -0.2) is 11.9 Å². The van der Waals surface area contributed by atoms with Crippen molar-refractivity contribution in [3.63, 3.8) is 0 Å². The largest absolute Gasteiger partial charge is 0.466 e. The summed E-state index contributed by atoms with van der Waals surface area (Å²) in [6.45, 7) is 1.80. The number of aliphatic imine (C=N–C) groups is 1. The van der Waals surface area contributed by atoms with Crippen molar-refractivity contribution in [3.05, 3.63) is 23.7 Å². The van der Waals surface area contributed by atoms with E-state index in [0.29, 0.717) is 12.2 Å². The zero-order valence-electron chi connectivity index (χ0n) is 6.17. The molecule has 58 valence electrons. The quantitative estimate of drug-likeness (QED) is 0.521. The van der Waals surface area contributed by atoms with Gasteiger partial charge >= 0.3 is 0 Å². The van der Waals surface area contributed by atoms with Gasteiger partial charge in [0.05, 0.1) is 0 Å². The third-order valence-electron chi connectivity index (χ3n) is 1.67. The summed E-state index contributed by atoms with van der Waals surface area (Å²) in [5.74, 6) is 0.0295. The fourth-order valence-corrected chi connectivity index (χ4v) is 1.21. The number of nitrogens with zero attached hydrogens (tertiary/aromatic N) is 1. The van der Waals surface area contributed by atoms with Gasteiger partial charge in [-0.3, -0.25) is 0 Å². The Bertz CT molecular complexity index is 278. The van der Waals surface area contributed by atoms with Gasteiger partial charge in [0.25, 0.3) is 0 Å². The summed E-state index contributed by atoms with van der Waals surface area (Å²) < 4.78 is 18.0. The Balaban J connectivity index is 2.43. The lowest BCUT2D eigenvalue weighted by molar-refractivity contribution is 0.141. The SMILES string of the molecule is CC1N=C2C=C(F)C(=CC2)O1. The smallest absolute Gasteiger partial charge is 0.187 e. The molecule has 0 aromatic carbocycles. The second kappa shape index (κ2) is 2.19. The molecule has 2 bridgehead atoms. The van der Waals surface area contributed by atoms with Crippen LogP contribution in [0.15, 0.2) is 28.7 Å². The normalized spacial score (nSPS) is 28.2. The molecule has 0 amide bonds. The van der Waals surface area contributed by atoms with E-state index in [-0.39, 0.29) is 12.1 Å². The standard InChI is InChI=1S/C8H8FNO/c1-5-10-6-2-3-8(11-5)7(9)4-6/h3-5H,2H2,1H3. The molecular weight excluding hydrogens is 145 g/mol. The molecule has 0 N–H and O–H groups in total. The van der Waals surface area contributed by atoms with Gasteiger partial charge in [-0.1, -0.05) is 0 Å². The molecule has 2 heterocycles. The maximum absolute atomic E-state index is 12.9. The Morgan fingerprint density at radius 2 is 2.55 bits per heavy atom. The zero-order chi connectivity index (χ0) is 7.84. The van der Waals surface area contributed by atoms with E-state index in [1.54, 1.807) is 13.0 Å². The Morgan fingerprint density at radius 3 is 3.27 bits per heavy atom. The lowest BCUT2D eigenvalue weighted by Crippen LogP contribution is -2.01. The van der Waals surface area contributed by atoms with Gasteiger partial charge in [0.15, 0.2) is 17.8 Å². The van der Waals surface area contributed by atoms with Crippen LogP contribution < -0.4 is 0 Å². The van der Waals surface area contributed by atoms with E-state index in [1.165, 1.54) is 6.08 Å². The van der Waals surface area contributed by atoms with E-state index in [0.717, 1.165) is 5.71 Å². The van der Waals surface area contributed by atoms with Gasteiger partial charge in [-0.05, 0) is 19.1 Å². The van der Waals surface area contributed by atoms with Crippen LogP contribution >= 0.6 is 0 Å². The van der Waals surface area contributed by atoms with Crippen molar-refractivity contribution < 1.29 is 9.13 Å². The molecule has 0 radical (unpaired) electrons. The molecule has 3 aliphatic rings. The minimum absolute atomic E-state index is 0.247. The van der Waals surface area contributed by atoms with Crippen molar-refractivity contribution in [2.24, 2.45) is 4.99 Å². The van der Waals surface area contributed by atoms with Gasteiger partial charge in [-0.15, -0.1) is 0 Å². The summed E-state index contributed by atoms with van der Waals surface area (Å²) >= 11 is 0. The molecule has 0 saturated carbocycles. The number of hydrogen-bond donors (Lipinski definition) is 0. The van der Waals surface area contributed by atoms with Crippen LogP contribution in [0.3, 0.4) is 0 Å². The van der Waals surface area contributed by atoms with Crippen LogP contribution in [0.4, 0.5) is 4.39 Å². The van der Waals surface area contributed by atoms with Gasteiger partial charge in [0, 0.05) is 12.1 Å². The molecule has 11 heavy (non-hydrogen) atoms. The molecule has 1 aliphatic carbocycles. The zero-order valence-corrected chi connectivity index (χ0v) is 6.17. The third kappa shape index (κ3) is 1.06. The lowest BCUT2D eigenvalue weighted by Gasteiger charge is -2.08. The number of allylic oxidation sites excluding steroid dienone is 3. The van der Waals surface area contributed by atoms with E-state index in [1.807, 2.05) is 0 Å². The van der Waals surface area contributed by atoms with Crippen molar-refractivity contribution in [2.45, 2.75) is 19.6 Å². The molecule has 0 spiro atoms. The molecule has 3 heteroatoms. The predicted octanol–water partition coefficient (Wildman–Crippen LogP) is 1.94. The number of ether oxygens (including phenoxy) is 1. The highest BCUT2D eigenvalue weighted by Crippen LogP contribution is 2.25. The fourth-order valence-electron chi connectivity index (χ4n) is 1.21. The summed E-state index contributed by atoms with van der Waals surface area (Å²) in [5.41, 5.74) is 0.760. The van der Waals surface area contributed by atoms with Crippen molar-refractivity contribution in [3.8, 4) is 0 Å². The summed E-state index contributed by atoms with van der Waals surface area (Å²) in [6.07, 6.45) is 3.59. The lowest BCUT2D eigenvalue weighted by atomic mass is 10.1. The summed E-state index contributed by atoms with van der Waals surface area (Å²) in [5, 5.41) is 0. The van der Waals surface area contributed by atoms with E-state index in [9.17, 15) is 4.39 Å². The average molecular weight is 153 g/mol.